The summed E-state index contributed by atoms with van der Waals surface area (Å²) < 4.78 is 22.0. The van der Waals surface area contributed by atoms with Crippen LogP contribution in [0.25, 0.3) is 6.08 Å². The summed E-state index contributed by atoms with van der Waals surface area (Å²) in [5, 5.41) is 25.6. The van der Waals surface area contributed by atoms with Gasteiger partial charge in [0, 0.05) is 0 Å². The maximum Gasteiger partial charge on any atom is 0.338 e. The van der Waals surface area contributed by atoms with Crippen molar-refractivity contribution in [2.24, 2.45) is 5.41 Å². The largest absolute Gasteiger partial charge is 0.465 e. The van der Waals surface area contributed by atoms with Gasteiger partial charge in [0.15, 0.2) is 0 Å². The second-order valence-electron chi connectivity index (χ2n) is 20.3. The van der Waals surface area contributed by atoms with E-state index in [1.807, 2.05) is 57.2 Å². The van der Waals surface area contributed by atoms with E-state index in [0.29, 0.717) is 29.6 Å². The summed E-state index contributed by atoms with van der Waals surface area (Å²) in [6.45, 7) is 16.8. The van der Waals surface area contributed by atoms with Crippen molar-refractivity contribution < 1.29 is 48.6 Å². The van der Waals surface area contributed by atoms with Crippen LogP contribution in [0.4, 0.5) is 0 Å². The Kier molecular flexibility index (Phi) is 36.3. The Morgan fingerprint density at radius 2 is 1.08 bits per heavy atom. The fourth-order valence-electron chi connectivity index (χ4n) is 8.20. The predicted molar refractivity (Wildman–Crippen MR) is 312 cm³/mol. The van der Waals surface area contributed by atoms with Crippen LogP contribution >= 0.6 is 0 Å². The third-order valence-corrected chi connectivity index (χ3v) is 13.8. The highest BCUT2D eigenvalue weighted by Gasteiger charge is 2.35. The zero-order valence-corrected chi connectivity index (χ0v) is 47.3. The van der Waals surface area contributed by atoms with E-state index in [0.717, 1.165) is 59.8 Å². The highest BCUT2D eigenvalue weighted by molar-refractivity contribution is 6.47. The molecule has 0 saturated heterocycles. The Labute approximate surface area is 460 Å². The van der Waals surface area contributed by atoms with Gasteiger partial charge in [0.1, 0.15) is 21.1 Å². The molecular formula is C64H93B2O10. The molecule has 10 nitrogen and oxygen atoms in total. The highest BCUT2D eigenvalue weighted by Crippen LogP contribution is 2.36. The number of ether oxygens (including phenoxy) is 3. The molecule has 0 heterocycles. The highest BCUT2D eigenvalue weighted by atomic mass is 16.5. The van der Waals surface area contributed by atoms with Gasteiger partial charge in [-0.1, -0.05) is 227 Å². The van der Waals surface area contributed by atoms with Gasteiger partial charge in [0.2, 0.25) is 0 Å². The van der Waals surface area contributed by atoms with Crippen LogP contribution in [-0.2, 0) is 36.9 Å². The summed E-state index contributed by atoms with van der Waals surface area (Å²) in [5.41, 5.74) is 5.91. The molecule has 415 valence electrons. The maximum absolute atomic E-state index is 13.1. The van der Waals surface area contributed by atoms with Gasteiger partial charge in [-0.25, -0.2) is 9.59 Å². The Hall–Kier alpha value is -5.00. The van der Waals surface area contributed by atoms with E-state index in [9.17, 15) is 14.4 Å². The van der Waals surface area contributed by atoms with Crippen molar-refractivity contribution >= 4 is 50.2 Å². The van der Waals surface area contributed by atoms with Crippen molar-refractivity contribution in [2.45, 2.75) is 201 Å². The van der Waals surface area contributed by atoms with E-state index in [-0.39, 0.29) is 56.4 Å². The van der Waals surface area contributed by atoms with Crippen LogP contribution in [-0.4, -0.2) is 80.6 Å². The number of carbonyl (C=O) groups is 3. The first-order valence-corrected chi connectivity index (χ1v) is 28.4. The summed E-state index contributed by atoms with van der Waals surface area (Å²) in [5.74, 6) is -0.625. The van der Waals surface area contributed by atoms with E-state index >= 15 is 0 Å². The molecule has 3 N–H and O–H groups in total. The average Bonchev–Trinajstić information content (AvgIpc) is 3.45. The number of aliphatic hydroxyl groups is 3. The van der Waals surface area contributed by atoms with Gasteiger partial charge in [-0.15, -0.1) is 0 Å². The van der Waals surface area contributed by atoms with Gasteiger partial charge in [0.05, 0.1) is 48.6 Å². The third kappa shape index (κ3) is 28.9. The number of unbranched alkanes of at least 4 members (excludes halogenated alkanes) is 15. The Balaban J connectivity index is 0.000000530. The zero-order valence-electron chi connectivity index (χ0n) is 47.3. The number of hydrogen-bond donors (Lipinski definition) is 3. The van der Waals surface area contributed by atoms with Gasteiger partial charge >= 0.3 is 25.4 Å². The molecule has 76 heavy (non-hydrogen) atoms. The lowest BCUT2D eigenvalue weighted by atomic mass is 9.77. The van der Waals surface area contributed by atoms with Crippen LogP contribution < -0.4 is 10.9 Å². The molecule has 0 aliphatic carbocycles. The topological polar surface area (TPSA) is 149 Å². The summed E-state index contributed by atoms with van der Waals surface area (Å²) in [6.07, 6.45) is 25.2. The maximum atomic E-state index is 13.1. The smallest absolute Gasteiger partial charge is 0.338 e. The van der Waals surface area contributed by atoms with Crippen molar-refractivity contribution in [1.82, 2.24) is 0 Å². The standard InChI is InChI=1S/C40H61BO4.C20H22BO4.C4H10O2/c1-5-7-8-9-10-11-12-13-14-15-16-17-18-19-20-21-30-44-39(43)40(4,6-2)31-33(3)35-24-22-34(23-25-35)32-45-38(42)36-26-28-37(41)29-27-36;1-3-15-5-7-16(8-6-15)14-24-20(23)17-9-11-18(12-10-17)21-25-19(4-2)13-22;1-2-4(6)3-5/h22-29,33H,5-21,30-32H2,1-4H3;3,5-12,19,22H,1,4,13-14H2,2H3;4-6H,2-3H2,1H3. The molecule has 0 bridgehead atoms. The molecule has 0 fully saturated rings. The first kappa shape index (κ1) is 67.1. The normalized spacial score (nSPS) is 12.8. The third-order valence-electron chi connectivity index (χ3n) is 13.8. The van der Waals surface area contributed by atoms with E-state index in [1.165, 1.54) is 89.9 Å². The number of rotatable bonds is 36. The molecule has 4 aromatic carbocycles. The molecule has 0 saturated carbocycles. The van der Waals surface area contributed by atoms with Crippen LogP contribution in [0.15, 0.2) is 104 Å². The molecule has 3 radical (unpaired) electrons. The number of benzene rings is 4. The lowest BCUT2D eigenvalue weighted by Gasteiger charge is -2.29. The fourth-order valence-corrected chi connectivity index (χ4v) is 8.20. The van der Waals surface area contributed by atoms with Crippen LogP contribution in [0.1, 0.15) is 219 Å². The van der Waals surface area contributed by atoms with E-state index in [2.05, 4.69) is 39.5 Å². The molecular weight excluding hydrogens is 950 g/mol. The minimum atomic E-state index is -0.512. The van der Waals surface area contributed by atoms with Gasteiger partial charge < -0.3 is 34.2 Å². The van der Waals surface area contributed by atoms with Gasteiger partial charge in [-0.05, 0) is 91.5 Å². The van der Waals surface area contributed by atoms with Gasteiger partial charge in [-0.3, -0.25) is 4.79 Å². The number of esters is 3. The molecule has 0 aliphatic heterocycles. The molecule has 4 unspecified atom stereocenters. The van der Waals surface area contributed by atoms with E-state index < -0.39 is 11.5 Å². The van der Waals surface area contributed by atoms with Gasteiger partial charge in [0.25, 0.3) is 0 Å². The first-order valence-electron chi connectivity index (χ1n) is 28.4. The molecule has 0 spiro atoms. The van der Waals surface area contributed by atoms with Crippen molar-refractivity contribution in [3.05, 3.63) is 137 Å². The predicted octanol–water partition coefficient (Wildman–Crippen LogP) is 13.0. The molecule has 4 aromatic rings. The zero-order chi connectivity index (χ0) is 55.8. The van der Waals surface area contributed by atoms with Crippen molar-refractivity contribution in [3.63, 3.8) is 0 Å². The molecule has 4 atom stereocenters. The average molecular weight is 1040 g/mol. The summed E-state index contributed by atoms with van der Waals surface area (Å²) in [4.78, 5) is 37.5. The van der Waals surface area contributed by atoms with Crippen LogP contribution in [0, 0.1) is 5.41 Å². The second-order valence-corrected chi connectivity index (χ2v) is 20.3. The molecule has 0 aromatic heterocycles. The van der Waals surface area contributed by atoms with Gasteiger partial charge in [-0.2, -0.15) is 0 Å². The van der Waals surface area contributed by atoms with Crippen molar-refractivity contribution in [2.75, 3.05) is 19.8 Å². The minimum absolute atomic E-state index is 0.0226. The van der Waals surface area contributed by atoms with Crippen molar-refractivity contribution in [1.29, 1.82) is 0 Å². The number of carbonyl (C=O) groups excluding carboxylic acids is 3. The monoisotopic (exact) mass is 1040 g/mol. The van der Waals surface area contributed by atoms with E-state index in [1.54, 1.807) is 62.1 Å². The minimum Gasteiger partial charge on any atom is -0.465 e. The lowest BCUT2D eigenvalue weighted by Crippen LogP contribution is -2.31. The van der Waals surface area contributed by atoms with E-state index in [4.69, 9.17) is 42.0 Å². The summed E-state index contributed by atoms with van der Waals surface area (Å²) >= 11 is 0. The Morgan fingerprint density at radius 1 is 0.618 bits per heavy atom. The molecule has 0 aliphatic rings. The molecule has 0 amide bonds. The molecule has 12 heteroatoms. The second kappa shape index (κ2) is 41.1. The summed E-state index contributed by atoms with van der Waals surface area (Å²) in [6, 6.07) is 29.4. The van der Waals surface area contributed by atoms with Crippen molar-refractivity contribution in [3.8, 4) is 0 Å². The number of aliphatic hydroxyl groups excluding tert-OH is 3. The SMILES string of the molecule is C=Cc1ccc(COC(=O)c2ccc([B]OC(CC)CO)cc2)cc1.CCC(O)CO.[B]c1ccc(C(=O)OCc2ccc(C(C)CC(C)(CC)C(=O)OCCCCCCCCCCCCCCCCCC)cc2)cc1. The number of hydrogen-bond acceptors (Lipinski definition) is 10. The quantitative estimate of drug-likeness (QED) is 0.0174. The summed E-state index contributed by atoms with van der Waals surface area (Å²) in [7, 11) is 7.27. The van der Waals surface area contributed by atoms with Crippen LogP contribution in [0.5, 0.6) is 0 Å². The van der Waals surface area contributed by atoms with Crippen LogP contribution in [0.2, 0.25) is 0 Å². The fraction of sp³-hybridized carbons (Fsp3) is 0.547. The Bertz CT molecular complexity index is 2120. The molecule has 4 rings (SSSR count). The van der Waals surface area contributed by atoms with Crippen LogP contribution in [0.3, 0.4) is 0 Å². The Morgan fingerprint density at radius 3 is 1.49 bits per heavy atom. The lowest BCUT2D eigenvalue weighted by molar-refractivity contribution is -0.156. The first-order chi connectivity index (χ1) is 36.7.